The van der Waals surface area contributed by atoms with Gasteiger partial charge in [0.1, 0.15) is 0 Å². The lowest BCUT2D eigenvalue weighted by Crippen LogP contribution is -2.19. The molecule has 0 unspecified atom stereocenters. The number of azide groups is 2. The second-order valence-electron chi connectivity index (χ2n) is 7.52. The van der Waals surface area contributed by atoms with Crippen LogP contribution in [0.1, 0.15) is 31.8 Å². The van der Waals surface area contributed by atoms with Gasteiger partial charge < -0.3 is 9.47 Å². The van der Waals surface area contributed by atoms with Crippen molar-refractivity contribution in [3.63, 3.8) is 0 Å². The maximum atomic E-state index is 14.0. The van der Waals surface area contributed by atoms with Crippen LogP contribution in [0.4, 0.5) is 43.9 Å². The third-order valence-corrected chi connectivity index (χ3v) is 5.11. The van der Waals surface area contributed by atoms with E-state index in [2.05, 4.69) is 29.5 Å². The predicted molar refractivity (Wildman–Crippen MR) is 115 cm³/mol. The van der Waals surface area contributed by atoms with Crippen molar-refractivity contribution in [2.45, 2.75) is 13.1 Å². The summed E-state index contributed by atoms with van der Waals surface area (Å²) in [4.78, 5) is 30.2. The lowest BCUT2D eigenvalue weighted by Gasteiger charge is -2.15. The van der Waals surface area contributed by atoms with Gasteiger partial charge in [-0.1, -0.05) is 10.2 Å². The van der Waals surface area contributed by atoms with Crippen LogP contribution in [0.3, 0.4) is 0 Å². The van der Waals surface area contributed by atoms with Gasteiger partial charge in [0, 0.05) is 9.82 Å². The van der Waals surface area contributed by atoms with Gasteiger partial charge in [0.15, 0.2) is 0 Å². The normalized spacial score (nSPS) is 10.5. The molecule has 0 aliphatic heterocycles. The van der Waals surface area contributed by atoms with Gasteiger partial charge in [0.05, 0.1) is 24.2 Å². The van der Waals surface area contributed by atoms with E-state index in [1.54, 1.807) is 0 Å². The quantitative estimate of drug-likeness (QED) is 0.0390. The summed E-state index contributed by atoms with van der Waals surface area (Å²) in [5, 5.41) is 6.13. The summed E-state index contributed by atoms with van der Waals surface area (Å²) >= 11 is 0. The molecule has 0 bridgehead atoms. The van der Waals surface area contributed by atoms with Crippen molar-refractivity contribution >= 4 is 11.9 Å². The molecule has 0 aliphatic rings. The molecule has 0 N–H and O–H groups in total. The Labute approximate surface area is 223 Å². The van der Waals surface area contributed by atoms with Crippen molar-refractivity contribution < 1.29 is 63.0 Å². The molecule has 20 heteroatoms. The largest absolute Gasteiger partial charge is 0.416 e. The minimum absolute atomic E-state index is 0.542. The zero-order valence-corrected chi connectivity index (χ0v) is 19.7. The van der Waals surface area contributed by atoms with Crippen LogP contribution in [-0.4, -0.2) is 11.9 Å². The third-order valence-electron chi connectivity index (χ3n) is 5.11. The molecular formula is C22H6F10N6O4. The van der Waals surface area contributed by atoms with Crippen LogP contribution >= 0.6 is 0 Å². The highest BCUT2D eigenvalue weighted by atomic mass is 19.2. The van der Waals surface area contributed by atoms with Gasteiger partial charge in [0.25, 0.3) is 0 Å². The van der Waals surface area contributed by atoms with E-state index in [1.807, 2.05) is 0 Å². The molecule has 0 spiro atoms. The van der Waals surface area contributed by atoms with Crippen molar-refractivity contribution in [3.05, 3.63) is 113 Å². The number of halogens is 10. The van der Waals surface area contributed by atoms with Gasteiger partial charge in [-0.2, -0.15) is 17.6 Å². The van der Waals surface area contributed by atoms with Crippen LogP contribution in [0, 0.1) is 58.2 Å². The zero-order chi connectivity index (χ0) is 31.5. The highest BCUT2D eigenvalue weighted by Gasteiger charge is 2.32. The molecule has 0 heterocycles. The van der Waals surface area contributed by atoms with E-state index in [0.717, 1.165) is 0 Å². The summed E-state index contributed by atoms with van der Waals surface area (Å²) in [6, 6.07) is 1.08. The number of benzene rings is 3. The van der Waals surface area contributed by atoms with Gasteiger partial charge in [-0.05, 0) is 34.3 Å². The van der Waals surface area contributed by atoms with E-state index < -0.39 is 117 Å². The van der Waals surface area contributed by atoms with Crippen LogP contribution in [0.25, 0.3) is 20.9 Å². The number of rotatable bonds is 8. The molecular weight excluding hydrogens is 602 g/mol. The van der Waals surface area contributed by atoms with Crippen molar-refractivity contribution in [1.29, 1.82) is 0 Å². The van der Waals surface area contributed by atoms with Gasteiger partial charge >= 0.3 is 11.9 Å². The number of nitrogens with zero attached hydrogens (tertiary/aromatic N) is 6. The Hall–Kier alpha value is -5.48. The van der Waals surface area contributed by atoms with E-state index in [-0.39, 0.29) is 0 Å². The lowest BCUT2D eigenvalue weighted by atomic mass is 9.98. The molecule has 0 atom stereocenters. The van der Waals surface area contributed by atoms with Gasteiger partial charge in [-0.3, -0.25) is 0 Å². The van der Waals surface area contributed by atoms with Crippen LogP contribution in [0.5, 0.6) is 11.5 Å². The Morgan fingerprint density at radius 1 is 0.548 bits per heavy atom. The van der Waals surface area contributed by atoms with E-state index in [9.17, 15) is 53.5 Å². The SMILES string of the molecule is [N-]=[N+]=NCc1cc(C(=O)Oc2c(F)c(F)c(F)c(F)c2F)c(CN=[N+]=[N-])cc1C(=O)Oc1c(F)c(F)c(F)c(F)c1F. The molecule has 0 aromatic heterocycles. The molecule has 0 radical (unpaired) electrons. The van der Waals surface area contributed by atoms with Crippen LogP contribution < -0.4 is 9.47 Å². The third kappa shape index (κ3) is 5.70. The molecule has 3 aromatic carbocycles. The van der Waals surface area contributed by atoms with Crippen LogP contribution in [0.15, 0.2) is 22.4 Å². The maximum Gasteiger partial charge on any atom is 0.344 e. The summed E-state index contributed by atoms with van der Waals surface area (Å²) in [6.07, 6.45) is 0. The maximum absolute atomic E-state index is 14.0. The molecule has 3 aromatic rings. The number of carbonyl (C=O) groups excluding carboxylic acids is 2. The van der Waals surface area contributed by atoms with E-state index in [1.165, 1.54) is 0 Å². The minimum Gasteiger partial charge on any atom is -0.416 e. The Kier molecular flexibility index (Phi) is 9.14. The molecule has 218 valence electrons. The fraction of sp³-hybridized carbons (Fsp3) is 0.0909. The number of hydrogen-bond acceptors (Lipinski definition) is 6. The molecule has 3 rings (SSSR count). The van der Waals surface area contributed by atoms with Crippen LogP contribution in [0.2, 0.25) is 0 Å². The number of ether oxygens (including phenoxy) is 2. The average Bonchev–Trinajstić information content (AvgIpc) is 2.98. The molecule has 0 saturated carbocycles. The van der Waals surface area contributed by atoms with E-state index >= 15 is 0 Å². The standard InChI is InChI=1S/C22H6F10N6O4/c23-9-11(25)15(29)19(16(30)12(9)26)41-21(39)7-1-5(3-35-37-33)8(2-6(7)4-36-38-34)22(40)42-20-17(31)13(27)10(24)14(28)18(20)32/h1-2H,3-4H2. The summed E-state index contributed by atoms with van der Waals surface area (Å²) in [7, 11) is 0. The van der Waals surface area contributed by atoms with Crippen molar-refractivity contribution in [1.82, 2.24) is 0 Å². The van der Waals surface area contributed by atoms with Gasteiger partial charge in [0.2, 0.25) is 69.7 Å². The first-order chi connectivity index (χ1) is 19.8. The van der Waals surface area contributed by atoms with E-state index in [0.29, 0.717) is 12.1 Å². The lowest BCUT2D eigenvalue weighted by molar-refractivity contribution is 0.0700. The van der Waals surface area contributed by atoms with Crippen molar-refractivity contribution in [3.8, 4) is 11.5 Å². The molecule has 0 fully saturated rings. The summed E-state index contributed by atoms with van der Waals surface area (Å²) in [5.74, 6) is -33.2. The monoisotopic (exact) mass is 608 g/mol. The second kappa shape index (κ2) is 12.4. The highest BCUT2D eigenvalue weighted by molar-refractivity contribution is 5.97. The van der Waals surface area contributed by atoms with Crippen LogP contribution in [-0.2, 0) is 13.1 Å². The Morgan fingerprint density at radius 3 is 1.07 bits per heavy atom. The first-order valence-electron chi connectivity index (χ1n) is 10.4. The minimum atomic E-state index is -2.58. The van der Waals surface area contributed by atoms with Crippen molar-refractivity contribution in [2.75, 3.05) is 0 Å². The van der Waals surface area contributed by atoms with Gasteiger partial charge in [-0.25, -0.2) is 35.9 Å². The molecule has 0 amide bonds. The zero-order valence-electron chi connectivity index (χ0n) is 19.7. The first kappa shape index (κ1) is 31.1. The topological polar surface area (TPSA) is 150 Å². The smallest absolute Gasteiger partial charge is 0.344 e. The number of esters is 2. The average molecular weight is 608 g/mol. The fourth-order valence-corrected chi connectivity index (χ4v) is 3.19. The molecule has 0 aliphatic carbocycles. The first-order valence-corrected chi connectivity index (χ1v) is 10.4. The fourth-order valence-electron chi connectivity index (χ4n) is 3.19. The number of hydrogen-bond donors (Lipinski definition) is 0. The second-order valence-corrected chi connectivity index (χ2v) is 7.52. The Morgan fingerprint density at radius 2 is 0.810 bits per heavy atom. The highest BCUT2D eigenvalue weighted by Crippen LogP contribution is 2.32. The summed E-state index contributed by atoms with van der Waals surface area (Å²) in [6.45, 7) is -1.86. The van der Waals surface area contributed by atoms with E-state index in [4.69, 9.17) is 11.1 Å². The predicted octanol–water partition coefficient (Wildman–Crippen LogP) is 7.14. The summed E-state index contributed by atoms with van der Waals surface area (Å²) in [5.41, 5.74) is 14.2. The summed E-state index contributed by atoms with van der Waals surface area (Å²) < 4.78 is 146. The molecule has 10 nitrogen and oxygen atoms in total. The van der Waals surface area contributed by atoms with Crippen molar-refractivity contribution in [2.24, 2.45) is 10.2 Å². The van der Waals surface area contributed by atoms with Gasteiger partial charge in [-0.15, -0.1) is 0 Å². The molecule has 0 saturated heterocycles. The number of carbonyl (C=O) groups is 2. The Balaban J connectivity index is 2.18. The Bertz CT molecular complexity index is 1570. The molecule has 42 heavy (non-hydrogen) atoms.